The van der Waals surface area contributed by atoms with E-state index in [2.05, 4.69) is 15.5 Å². The van der Waals surface area contributed by atoms with Crippen molar-refractivity contribution in [1.29, 1.82) is 0 Å². The summed E-state index contributed by atoms with van der Waals surface area (Å²) in [6.07, 6.45) is 7.26. The molecule has 0 spiro atoms. The summed E-state index contributed by atoms with van der Waals surface area (Å²) in [7, 11) is 1.74. The molecule has 41 heavy (non-hydrogen) atoms. The van der Waals surface area contributed by atoms with E-state index in [0.29, 0.717) is 30.4 Å². The van der Waals surface area contributed by atoms with Gasteiger partial charge in [0, 0.05) is 30.1 Å². The van der Waals surface area contributed by atoms with E-state index in [-0.39, 0.29) is 54.4 Å². The molecule has 0 bridgehead atoms. The number of rotatable bonds is 8. The Labute approximate surface area is 257 Å². The van der Waals surface area contributed by atoms with E-state index in [0.717, 1.165) is 56.5 Å². The molecular weight excluding hydrogens is 588 g/mol. The molecule has 3 aliphatic rings. The fraction of sp³-hybridized carbons (Fsp3) is 0.586. The van der Waals surface area contributed by atoms with Crippen LogP contribution in [0.25, 0.3) is 0 Å². The van der Waals surface area contributed by atoms with Gasteiger partial charge >= 0.3 is 0 Å². The lowest BCUT2D eigenvalue weighted by atomic mass is 9.82. The van der Waals surface area contributed by atoms with Crippen LogP contribution in [0, 0.1) is 11.7 Å². The summed E-state index contributed by atoms with van der Waals surface area (Å²) in [5.41, 5.74) is 0.681. The monoisotopic (exact) mass is 627 g/mol. The molecule has 1 aromatic carbocycles. The van der Waals surface area contributed by atoms with Crippen LogP contribution in [0.1, 0.15) is 79.0 Å². The summed E-state index contributed by atoms with van der Waals surface area (Å²) < 4.78 is 13.4. The molecule has 4 atom stereocenters. The van der Waals surface area contributed by atoms with Crippen molar-refractivity contribution in [3.63, 3.8) is 0 Å². The molecule has 1 saturated carbocycles. The Morgan fingerprint density at radius 2 is 1.73 bits per heavy atom. The molecule has 2 aromatic rings. The lowest BCUT2D eigenvalue weighted by Gasteiger charge is -2.45. The topological polar surface area (TPSA) is 94.6 Å². The second-order valence-electron chi connectivity index (χ2n) is 11.1. The molecule has 2 amide bonds. The lowest BCUT2D eigenvalue weighted by molar-refractivity contribution is -0.144. The molecule has 1 aromatic heterocycles. The van der Waals surface area contributed by atoms with Gasteiger partial charge in [-0.1, -0.05) is 19.3 Å². The molecular formula is C29H40Cl2FN5O3S. The molecule has 1 aliphatic carbocycles. The third-order valence-electron chi connectivity index (χ3n) is 8.63. The number of benzene rings is 1. The molecule has 0 radical (unpaired) electrons. The first-order valence-corrected chi connectivity index (χ1v) is 15.0. The van der Waals surface area contributed by atoms with Crippen molar-refractivity contribution >= 4 is 53.7 Å². The largest absolute Gasteiger partial charge is 0.343 e. The molecule has 3 fully saturated rings. The maximum Gasteiger partial charge on any atom is 0.246 e. The predicted molar refractivity (Wildman–Crippen MR) is 163 cm³/mol. The number of thiazole rings is 1. The average Bonchev–Trinajstić information content (AvgIpc) is 3.64. The second kappa shape index (κ2) is 14.9. The first-order valence-electron chi connectivity index (χ1n) is 14.1. The van der Waals surface area contributed by atoms with Gasteiger partial charge in [0.1, 0.15) is 22.6 Å². The number of ketones is 1. The maximum atomic E-state index is 14.4. The summed E-state index contributed by atoms with van der Waals surface area (Å²) >= 11 is 1.38. The van der Waals surface area contributed by atoms with Gasteiger partial charge in [0.2, 0.25) is 17.6 Å². The number of hydrogen-bond acceptors (Lipinski definition) is 7. The minimum Gasteiger partial charge on any atom is -0.343 e. The van der Waals surface area contributed by atoms with Gasteiger partial charge in [0.05, 0.1) is 12.1 Å². The average molecular weight is 629 g/mol. The SMILES string of the molecule is CN[C@@H](C)C(=O)N[C@H](C(=O)N1C[C@@H]2CCCN2C[C@H]1c1nc(C(=O)c2ccc(F)cc2)cs1)C1CCCCC1.Cl.Cl. The van der Waals surface area contributed by atoms with Gasteiger partial charge in [0.25, 0.3) is 0 Å². The Hall–Kier alpha value is -2.11. The van der Waals surface area contributed by atoms with Crippen LogP contribution in [0.5, 0.6) is 0 Å². The number of halogens is 3. The zero-order valence-corrected chi connectivity index (χ0v) is 26.0. The number of piperazine rings is 1. The normalized spacial score (nSPS) is 22.6. The Balaban J connectivity index is 0.00000231. The first-order chi connectivity index (χ1) is 18.9. The number of amides is 2. The summed E-state index contributed by atoms with van der Waals surface area (Å²) in [4.78, 5) is 49.4. The van der Waals surface area contributed by atoms with E-state index in [4.69, 9.17) is 4.98 Å². The zero-order valence-electron chi connectivity index (χ0n) is 23.5. The highest BCUT2D eigenvalue weighted by Gasteiger charge is 2.44. The first kappa shape index (κ1) is 33.4. The number of hydrogen-bond donors (Lipinski definition) is 2. The van der Waals surface area contributed by atoms with Gasteiger partial charge in [-0.25, -0.2) is 9.37 Å². The van der Waals surface area contributed by atoms with E-state index in [9.17, 15) is 18.8 Å². The number of carbonyl (C=O) groups excluding carboxylic acids is 3. The fourth-order valence-electron chi connectivity index (χ4n) is 6.20. The van der Waals surface area contributed by atoms with Gasteiger partial charge in [-0.05, 0) is 76.4 Å². The minimum atomic E-state index is -0.579. The van der Waals surface area contributed by atoms with Gasteiger partial charge in [0.15, 0.2) is 0 Å². The molecule has 2 aliphatic heterocycles. The van der Waals surface area contributed by atoms with Crippen molar-refractivity contribution in [3.05, 3.63) is 51.7 Å². The highest BCUT2D eigenvalue weighted by molar-refractivity contribution is 7.10. The van der Waals surface area contributed by atoms with Gasteiger partial charge in [-0.2, -0.15) is 0 Å². The van der Waals surface area contributed by atoms with Gasteiger partial charge in [-0.3, -0.25) is 19.3 Å². The number of likely N-dealkylation sites (N-methyl/N-ethyl adjacent to an activating group) is 1. The van der Waals surface area contributed by atoms with Crippen LogP contribution >= 0.6 is 36.2 Å². The summed E-state index contributed by atoms with van der Waals surface area (Å²) in [6, 6.07) is 4.49. The van der Waals surface area contributed by atoms with Crippen LogP contribution in [0.3, 0.4) is 0 Å². The van der Waals surface area contributed by atoms with Crippen LogP contribution in [0.2, 0.25) is 0 Å². The Bertz CT molecular complexity index is 1190. The number of aromatic nitrogens is 1. The van der Waals surface area contributed by atoms with Crippen molar-refractivity contribution < 1.29 is 18.8 Å². The molecule has 2 N–H and O–H groups in total. The lowest BCUT2D eigenvalue weighted by Crippen LogP contribution is -2.60. The highest BCUT2D eigenvalue weighted by Crippen LogP contribution is 2.36. The molecule has 5 rings (SSSR count). The van der Waals surface area contributed by atoms with Crippen LogP contribution in [-0.4, -0.2) is 77.2 Å². The van der Waals surface area contributed by atoms with Crippen LogP contribution in [0.4, 0.5) is 4.39 Å². The molecule has 8 nitrogen and oxygen atoms in total. The third kappa shape index (κ3) is 7.46. The number of carbonyl (C=O) groups is 3. The summed E-state index contributed by atoms with van der Waals surface area (Å²) in [6.45, 7) is 4.03. The van der Waals surface area contributed by atoms with E-state index in [1.165, 1.54) is 35.6 Å². The second-order valence-corrected chi connectivity index (χ2v) is 12.0. The number of fused-ring (bicyclic) bond motifs is 1. The zero-order chi connectivity index (χ0) is 27.5. The Morgan fingerprint density at radius 3 is 2.41 bits per heavy atom. The maximum absolute atomic E-state index is 14.4. The minimum absolute atomic E-state index is 0. The Kier molecular flexibility index (Phi) is 12.1. The van der Waals surface area contributed by atoms with Crippen LogP contribution in [0.15, 0.2) is 29.6 Å². The van der Waals surface area contributed by atoms with E-state index in [1.807, 2.05) is 4.90 Å². The summed E-state index contributed by atoms with van der Waals surface area (Å²) in [5, 5.41) is 8.54. The van der Waals surface area contributed by atoms with Crippen molar-refractivity contribution in [2.24, 2.45) is 5.92 Å². The molecule has 3 heterocycles. The summed E-state index contributed by atoms with van der Waals surface area (Å²) in [5.74, 6) is -0.770. The van der Waals surface area contributed by atoms with Crippen LogP contribution < -0.4 is 10.6 Å². The highest BCUT2D eigenvalue weighted by atomic mass is 35.5. The molecule has 12 heteroatoms. The fourth-order valence-corrected chi connectivity index (χ4v) is 7.11. The predicted octanol–water partition coefficient (Wildman–Crippen LogP) is 4.38. The van der Waals surface area contributed by atoms with E-state index >= 15 is 0 Å². The van der Waals surface area contributed by atoms with E-state index < -0.39 is 17.9 Å². The number of nitrogens with one attached hydrogen (secondary N) is 2. The molecule has 0 unspecified atom stereocenters. The van der Waals surface area contributed by atoms with E-state index in [1.54, 1.807) is 19.4 Å². The van der Waals surface area contributed by atoms with Crippen LogP contribution in [-0.2, 0) is 9.59 Å². The van der Waals surface area contributed by atoms with Crippen molar-refractivity contribution in [1.82, 2.24) is 25.4 Å². The van der Waals surface area contributed by atoms with Gasteiger partial charge in [-0.15, -0.1) is 36.2 Å². The quantitative estimate of drug-likeness (QED) is 0.422. The third-order valence-corrected chi connectivity index (χ3v) is 9.58. The van der Waals surface area contributed by atoms with Crippen molar-refractivity contribution in [2.45, 2.75) is 76.0 Å². The molecule has 2 saturated heterocycles. The number of nitrogens with zero attached hydrogens (tertiary/aromatic N) is 3. The smallest absolute Gasteiger partial charge is 0.246 e. The van der Waals surface area contributed by atoms with Crippen molar-refractivity contribution in [2.75, 3.05) is 26.7 Å². The van der Waals surface area contributed by atoms with Gasteiger partial charge < -0.3 is 15.5 Å². The standard InChI is InChI=1S/C29H38FN5O3S.2ClH/c1-18(31-2)27(37)33-25(19-7-4-3-5-8-19)29(38)35-15-22-9-6-14-34(22)16-24(35)28-32-23(17-39-28)26(36)20-10-12-21(30)13-11-20;;/h10-13,17-19,22,24-25,31H,3-9,14-16H2,1-2H3,(H,33,37);2*1H/t18-,22-,24-,25-;;/m0../s1. The molecule has 226 valence electrons. The van der Waals surface area contributed by atoms with Crippen molar-refractivity contribution in [3.8, 4) is 0 Å². The Morgan fingerprint density at radius 1 is 1.02 bits per heavy atom.